The van der Waals surface area contributed by atoms with Crippen LogP contribution >= 0.6 is 0 Å². The van der Waals surface area contributed by atoms with Crippen LogP contribution in [0.1, 0.15) is 26.2 Å². The molecule has 15 nitrogen and oxygen atoms in total. The Morgan fingerprint density at radius 2 is 1.89 bits per heavy atom. The molecule has 2 atom stereocenters. The number of fused-ring (bicyclic) bond motifs is 1. The zero-order chi connectivity index (χ0) is 31.9. The zero-order valence-corrected chi connectivity index (χ0v) is 25.0. The summed E-state index contributed by atoms with van der Waals surface area (Å²) in [5, 5.41) is 23.9. The van der Waals surface area contributed by atoms with E-state index in [0.717, 1.165) is 10.3 Å². The van der Waals surface area contributed by atoms with Gasteiger partial charge >= 0.3 is 12.1 Å². The number of carbonyl (C=O) groups excluding carboxylic acids is 3. The number of sulfonamides is 1. The van der Waals surface area contributed by atoms with Crippen molar-refractivity contribution < 1.29 is 42.2 Å². The van der Waals surface area contributed by atoms with Gasteiger partial charge in [0.15, 0.2) is 0 Å². The summed E-state index contributed by atoms with van der Waals surface area (Å²) in [4.78, 5) is 52.2. The number of alkyl carbamates (subject to hydrolysis) is 1. The Bertz CT molecular complexity index is 1510. The molecule has 1 aliphatic carbocycles. The van der Waals surface area contributed by atoms with Crippen LogP contribution < -0.4 is 15.4 Å². The van der Waals surface area contributed by atoms with Gasteiger partial charge in [-0.15, -0.1) is 0 Å². The molecule has 4 rings (SSSR count). The second kappa shape index (κ2) is 14.5. The predicted molar refractivity (Wildman–Crippen MR) is 157 cm³/mol. The lowest BCUT2D eigenvalue weighted by Gasteiger charge is -2.34. The number of amides is 3. The number of benzene rings is 2. The first-order valence-corrected chi connectivity index (χ1v) is 15.6. The van der Waals surface area contributed by atoms with Crippen molar-refractivity contribution in [2.24, 2.45) is 0 Å². The number of rotatable bonds is 12. The summed E-state index contributed by atoms with van der Waals surface area (Å²) < 4.78 is 39.6. The number of ether oxygens (including phenoxy) is 2. The van der Waals surface area contributed by atoms with Crippen molar-refractivity contribution in [2.45, 2.75) is 49.3 Å². The molecule has 0 bridgehead atoms. The Labute approximate surface area is 254 Å². The number of carbonyl (C=O) groups is 4. The normalized spacial score (nSPS) is 17.4. The average molecular weight is 633 g/mol. The number of nitrogens with one attached hydrogen (secondary N) is 4. The van der Waals surface area contributed by atoms with E-state index in [1.54, 1.807) is 30.0 Å². The lowest BCUT2D eigenvalue weighted by Crippen LogP contribution is -2.54. The number of hydrogen-bond acceptors (Lipinski definition) is 9. The number of nitrogens with zero attached hydrogens (tertiary/aromatic N) is 2. The van der Waals surface area contributed by atoms with E-state index in [-0.39, 0.29) is 43.2 Å². The molecule has 238 valence electrons. The zero-order valence-electron chi connectivity index (χ0n) is 24.2. The maximum atomic E-state index is 13.5. The molecular weight excluding hydrogens is 596 g/mol. The Hall–Kier alpha value is -4.28. The molecule has 2 aromatic carbocycles. The van der Waals surface area contributed by atoms with Crippen LogP contribution in [-0.4, -0.2) is 111 Å². The Morgan fingerprint density at radius 1 is 1.16 bits per heavy atom. The molecule has 1 saturated carbocycles. The van der Waals surface area contributed by atoms with Crippen molar-refractivity contribution in [3.63, 3.8) is 0 Å². The number of morpholine rings is 1. The van der Waals surface area contributed by atoms with E-state index < -0.39 is 59.0 Å². The maximum Gasteiger partial charge on any atom is 0.413 e. The molecule has 1 heterocycles. The smallest absolute Gasteiger partial charge is 0.413 e. The summed E-state index contributed by atoms with van der Waals surface area (Å²) in [5.41, 5.74) is 0. The largest absolute Gasteiger partial charge is 0.480 e. The number of aliphatic carboxylic acids is 1. The monoisotopic (exact) mass is 632 g/mol. The predicted octanol–water partition coefficient (Wildman–Crippen LogP) is 0.450. The molecule has 0 spiro atoms. The van der Waals surface area contributed by atoms with Crippen molar-refractivity contribution in [3.05, 3.63) is 42.5 Å². The highest BCUT2D eigenvalue weighted by Gasteiger charge is 2.39. The van der Waals surface area contributed by atoms with Crippen molar-refractivity contribution in [1.82, 2.24) is 25.2 Å². The fraction of sp³-hybridized carbons (Fsp3) is 0.464. The SMILES string of the molecule is CCOC(=O)NC(=N)N1CCOC(CNC(=O)C[C@H](NS(=O)(=O)c2ccc3ccccc3c2)C(=O)N(CC(=O)O)C2CC2)C1. The van der Waals surface area contributed by atoms with Crippen LogP contribution in [0, 0.1) is 5.41 Å². The topological polar surface area (TPSA) is 208 Å². The maximum absolute atomic E-state index is 13.5. The third kappa shape index (κ3) is 8.87. The van der Waals surface area contributed by atoms with Gasteiger partial charge in [0.05, 0.1) is 30.6 Å². The van der Waals surface area contributed by atoms with Gasteiger partial charge in [-0.2, -0.15) is 4.72 Å². The highest BCUT2D eigenvalue weighted by atomic mass is 32.2. The summed E-state index contributed by atoms with van der Waals surface area (Å²) in [6.45, 7) is 1.83. The van der Waals surface area contributed by atoms with Crippen molar-refractivity contribution in [3.8, 4) is 0 Å². The summed E-state index contributed by atoms with van der Waals surface area (Å²) in [5.74, 6) is -2.92. The molecule has 0 radical (unpaired) electrons. The minimum absolute atomic E-state index is 0.0260. The number of hydrogen-bond donors (Lipinski definition) is 5. The van der Waals surface area contributed by atoms with Gasteiger partial charge in [0, 0.05) is 25.7 Å². The lowest BCUT2D eigenvalue weighted by molar-refractivity contribution is -0.146. The van der Waals surface area contributed by atoms with E-state index in [1.165, 1.54) is 12.1 Å². The fourth-order valence-corrected chi connectivity index (χ4v) is 5.99. The summed E-state index contributed by atoms with van der Waals surface area (Å²) in [6, 6.07) is 9.70. The van der Waals surface area contributed by atoms with Crippen LogP contribution in [-0.2, 0) is 33.9 Å². The van der Waals surface area contributed by atoms with Gasteiger partial charge in [-0.3, -0.25) is 25.1 Å². The molecule has 1 aliphatic heterocycles. The first-order chi connectivity index (χ1) is 21.0. The Balaban J connectivity index is 1.44. The van der Waals surface area contributed by atoms with Crippen LogP contribution in [0.5, 0.6) is 0 Å². The van der Waals surface area contributed by atoms with E-state index in [4.69, 9.17) is 14.9 Å². The first kappa shape index (κ1) is 32.6. The number of carboxylic acid groups (broad SMARTS) is 1. The quantitative estimate of drug-likeness (QED) is 0.161. The van der Waals surface area contributed by atoms with Gasteiger partial charge in [-0.1, -0.05) is 30.3 Å². The van der Waals surface area contributed by atoms with Crippen LogP contribution in [0.3, 0.4) is 0 Å². The van der Waals surface area contributed by atoms with Gasteiger partial charge < -0.3 is 29.7 Å². The minimum atomic E-state index is -4.30. The number of guanidine groups is 1. The standard InChI is InChI=1S/C28H36N6O9S/c1-2-42-28(39)31-27(29)33-11-12-43-21(16-33)15-30-24(35)14-23(26(38)34(17-25(36)37)20-8-9-20)32-44(40,41)22-10-7-18-5-3-4-6-19(18)13-22/h3-7,10,13,20-21,23,32H,2,8-9,11-12,14-17H2,1H3,(H,30,35)(H,36,37)(H2,29,31,39)/t21?,23-/m0/s1. The van der Waals surface area contributed by atoms with E-state index in [2.05, 4.69) is 15.4 Å². The van der Waals surface area contributed by atoms with Crippen molar-refractivity contribution in [2.75, 3.05) is 39.4 Å². The fourth-order valence-electron chi connectivity index (χ4n) is 4.76. The third-order valence-electron chi connectivity index (χ3n) is 7.07. The molecule has 1 saturated heterocycles. The van der Waals surface area contributed by atoms with Crippen LogP contribution in [0.4, 0.5) is 4.79 Å². The van der Waals surface area contributed by atoms with Gasteiger partial charge in [0.25, 0.3) is 0 Å². The Morgan fingerprint density at radius 3 is 2.57 bits per heavy atom. The molecule has 2 aromatic rings. The molecule has 44 heavy (non-hydrogen) atoms. The molecule has 1 unspecified atom stereocenters. The Kier molecular flexibility index (Phi) is 10.7. The van der Waals surface area contributed by atoms with E-state index in [0.29, 0.717) is 24.8 Å². The average Bonchev–Trinajstić information content (AvgIpc) is 3.83. The molecule has 16 heteroatoms. The molecule has 0 aromatic heterocycles. The highest BCUT2D eigenvalue weighted by Crippen LogP contribution is 2.28. The van der Waals surface area contributed by atoms with E-state index in [1.807, 2.05) is 12.1 Å². The van der Waals surface area contributed by atoms with Crippen molar-refractivity contribution in [1.29, 1.82) is 5.41 Å². The minimum Gasteiger partial charge on any atom is -0.480 e. The van der Waals surface area contributed by atoms with Gasteiger partial charge in [0.2, 0.25) is 27.8 Å². The summed E-state index contributed by atoms with van der Waals surface area (Å²) >= 11 is 0. The van der Waals surface area contributed by atoms with E-state index >= 15 is 0 Å². The van der Waals surface area contributed by atoms with E-state index in [9.17, 15) is 32.7 Å². The molecule has 2 fully saturated rings. The molecule has 2 aliphatic rings. The third-order valence-corrected chi connectivity index (χ3v) is 8.54. The van der Waals surface area contributed by atoms with Gasteiger partial charge in [-0.25, -0.2) is 13.2 Å². The molecular formula is C28H36N6O9S. The van der Waals surface area contributed by atoms with Crippen LogP contribution in [0.25, 0.3) is 10.8 Å². The van der Waals surface area contributed by atoms with Crippen LogP contribution in [0.15, 0.2) is 47.4 Å². The number of carboxylic acids is 1. The molecule has 3 amide bonds. The highest BCUT2D eigenvalue weighted by molar-refractivity contribution is 7.89. The summed E-state index contributed by atoms with van der Waals surface area (Å²) in [7, 11) is -4.30. The summed E-state index contributed by atoms with van der Waals surface area (Å²) in [6.07, 6.45) is -0.782. The first-order valence-electron chi connectivity index (χ1n) is 14.2. The van der Waals surface area contributed by atoms with Crippen LogP contribution in [0.2, 0.25) is 0 Å². The van der Waals surface area contributed by atoms with Gasteiger partial charge in [-0.05, 0) is 42.7 Å². The second-order valence-corrected chi connectivity index (χ2v) is 12.1. The molecule has 5 N–H and O–H groups in total. The van der Waals surface area contributed by atoms with Crippen molar-refractivity contribution >= 4 is 50.6 Å². The second-order valence-electron chi connectivity index (χ2n) is 10.4. The van der Waals surface area contributed by atoms with Gasteiger partial charge in [0.1, 0.15) is 12.6 Å². The lowest BCUT2D eigenvalue weighted by atomic mass is 10.1.